The SMILES string of the molecule is CNc1ccc(C(N)=NC=Nc2ccc(OC(C)F)cc2)cc1P.Cc1ccc(COCCF)c(N2C(=O)CSC2=NC=O)c1. The number of hydrogen-bond donors (Lipinski definition) is 2. The molecule has 238 valence electrons. The standard InChI is InChI=1S/C17H20FN4OP.C14H15FN2O3S/c1-11(18)23-14-6-4-13(5-7-14)21-10-22-17(19)12-3-8-15(20-2)16(24)9-12;1-10-2-3-11(7-20-5-4-15)12(6-10)17-13(19)8-21-14(17)16-9-18/h3-11,20H,24H2,1-2H3,(H2,19,21,22);2-3,6,9H,4-5,7-8H2,1H3. The first kappa shape index (κ1) is 35.3. The molecule has 10 nitrogen and oxygen atoms in total. The molecule has 2 atom stereocenters. The smallest absolute Gasteiger partial charge is 0.243 e. The molecular formula is C31H35F2N6O4PS. The second kappa shape index (κ2) is 17.9. The Morgan fingerprint density at radius 1 is 1.20 bits per heavy atom. The van der Waals surface area contributed by atoms with Gasteiger partial charge < -0.3 is 20.5 Å². The number of thioether (sulfide) groups is 1. The predicted octanol–water partition coefficient (Wildman–Crippen LogP) is 5.06. The number of amides is 2. The zero-order chi connectivity index (χ0) is 32.8. The number of alkyl halides is 2. The number of aliphatic imine (C=N–C) groups is 3. The van der Waals surface area contributed by atoms with Crippen molar-refractivity contribution < 1.29 is 27.8 Å². The van der Waals surface area contributed by atoms with Crippen LogP contribution < -0.4 is 26.0 Å². The Balaban J connectivity index is 0.000000248. The Morgan fingerprint density at radius 3 is 2.60 bits per heavy atom. The molecule has 1 aliphatic heterocycles. The molecule has 2 amide bonds. The number of ether oxygens (including phenoxy) is 2. The first-order valence-corrected chi connectivity index (χ1v) is 15.3. The lowest BCUT2D eigenvalue weighted by Gasteiger charge is -2.20. The molecule has 45 heavy (non-hydrogen) atoms. The van der Waals surface area contributed by atoms with Crippen molar-refractivity contribution in [2.45, 2.75) is 26.8 Å². The summed E-state index contributed by atoms with van der Waals surface area (Å²) in [5.41, 5.74) is 10.8. The molecule has 1 fully saturated rings. The van der Waals surface area contributed by atoms with E-state index in [4.69, 9.17) is 15.2 Å². The minimum Gasteiger partial charge on any atom is -0.461 e. The number of halogens is 2. The van der Waals surface area contributed by atoms with Crippen LogP contribution in [-0.4, -0.2) is 62.1 Å². The second-order valence-electron chi connectivity index (χ2n) is 9.37. The molecule has 1 aliphatic rings. The summed E-state index contributed by atoms with van der Waals surface area (Å²) in [6.45, 7) is 2.87. The lowest BCUT2D eigenvalue weighted by atomic mass is 10.1. The van der Waals surface area contributed by atoms with Gasteiger partial charge in [-0.15, -0.1) is 9.24 Å². The highest BCUT2D eigenvalue weighted by atomic mass is 32.2. The molecule has 4 rings (SSSR count). The quantitative estimate of drug-likeness (QED) is 0.0916. The fourth-order valence-electron chi connectivity index (χ4n) is 3.96. The minimum absolute atomic E-state index is 0.00526. The van der Waals surface area contributed by atoms with Crippen molar-refractivity contribution in [3.05, 3.63) is 77.4 Å². The Hall–Kier alpha value is -4.19. The highest BCUT2D eigenvalue weighted by Crippen LogP contribution is 2.31. The summed E-state index contributed by atoms with van der Waals surface area (Å²) in [7, 11) is 4.51. The van der Waals surface area contributed by atoms with Gasteiger partial charge in [-0.2, -0.15) is 4.99 Å². The number of benzene rings is 3. The van der Waals surface area contributed by atoms with E-state index in [9.17, 15) is 18.4 Å². The van der Waals surface area contributed by atoms with Gasteiger partial charge in [-0.3, -0.25) is 14.5 Å². The van der Waals surface area contributed by atoms with Gasteiger partial charge in [0, 0.05) is 30.8 Å². The van der Waals surface area contributed by atoms with Gasteiger partial charge >= 0.3 is 0 Å². The van der Waals surface area contributed by atoms with Gasteiger partial charge in [-0.1, -0.05) is 23.9 Å². The van der Waals surface area contributed by atoms with E-state index in [2.05, 4.69) is 29.5 Å². The molecule has 0 spiro atoms. The van der Waals surface area contributed by atoms with Crippen molar-refractivity contribution in [1.82, 2.24) is 0 Å². The number of aryl methyl sites for hydroxylation is 1. The fraction of sp³-hybridized carbons (Fsp3) is 0.258. The van der Waals surface area contributed by atoms with Crippen LogP contribution in [0.4, 0.5) is 25.8 Å². The van der Waals surface area contributed by atoms with Gasteiger partial charge in [0.15, 0.2) is 5.17 Å². The first-order chi connectivity index (χ1) is 21.7. The van der Waals surface area contributed by atoms with E-state index in [1.54, 1.807) is 24.3 Å². The van der Waals surface area contributed by atoms with Crippen molar-refractivity contribution in [1.29, 1.82) is 0 Å². The van der Waals surface area contributed by atoms with Crippen LogP contribution >= 0.6 is 21.0 Å². The number of amidine groups is 2. The third-order valence-corrected chi connectivity index (χ3v) is 7.46. The van der Waals surface area contributed by atoms with Crippen LogP contribution in [0.2, 0.25) is 0 Å². The lowest BCUT2D eigenvalue weighted by molar-refractivity contribution is -0.115. The van der Waals surface area contributed by atoms with Crippen LogP contribution in [0.25, 0.3) is 0 Å². The van der Waals surface area contributed by atoms with Gasteiger partial charge in [-0.25, -0.2) is 18.8 Å². The number of nitrogens with two attached hydrogens (primary N) is 1. The summed E-state index contributed by atoms with van der Waals surface area (Å²) in [5, 5.41) is 4.44. The molecule has 3 N–H and O–H groups in total. The molecule has 3 aromatic rings. The number of carbonyl (C=O) groups is 2. The lowest BCUT2D eigenvalue weighted by Crippen LogP contribution is -2.30. The van der Waals surface area contributed by atoms with Crippen LogP contribution in [-0.2, 0) is 20.9 Å². The Labute approximate surface area is 267 Å². The number of nitrogens with zero attached hydrogens (tertiary/aromatic N) is 4. The van der Waals surface area contributed by atoms with E-state index in [-0.39, 0.29) is 24.9 Å². The molecule has 0 aliphatic carbocycles. The highest BCUT2D eigenvalue weighted by Gasteiger charge is 2.31. The number of hydrogen-bond acceptors (Lipinski definition) is 7. The van der Waals surface area contributed by atoms with Crippen LogP contribution in [0.15, 0.2) is 75.6 Å². The second-order valence-corrected chi connectivity index (χ2v) is 10.9. The Morgan fingerprint density at radius 2 is 1.96 bits per heavy atom. The molecule has 0 aromatic heterocycles. The molecule has 0 bridgehead atoms. The van der Waals surface area contributed by atoms with E-state index in [1.807, 2.05) is 50.4 Å². The van der Waals surface area contributed by atoms with Crippen molar-refractivity contribution in [2.75, 3.05) is 36.3 Å². The summed E-state index contributed by atoms with van der Waals surface area (Å²) in [6, 6.07) is 18.0. The van der Waals surface area contributed by atoms with Gasteiger partial charge in [-0.05, 0) is 66.3 Å². The maximum atomic E-state index is 12.7. The summed E-state index contributed by atoms with van der Waals surface area (Å²) in [4.78, 5) is 36.1. The van der Waals surface area contributed by atoms with Crippen LogP contribution in [0, 0.1) is 6.92 Å². The number of anilines is 2. The molecular weight excluding hydrogens is 621 g/mol. The van der Waals surface area contributed by atoms with E-state index in [0.717, 1.165) is 27.7 Å². The van der Waals surface area contributed by atoms with Crippen LogP contribution in [0.5, 0.6) is 5.75 Å². The Bertz CT molecular complexity index is 1550. The van der Waals surface area contributed by atoms with E-state index < -0.39 is 13.0 Å². The monoisotopic (exact) mass is 656 g/mol. The van der Waals surface area contributed by atoms with E-state index in [0.29, 0.717) is 34.5 Å². The predicted molar refractivity (Wildman–Crippen MR) is 182 cm³/mol. The molecule has 3 aromatic carbocycles. The van der Waals surface area contributed by atoms with Crippen molar-refractivity contribution >= 4 is 73.0 Å². The highest BCUT2D eigenvalue weighted by molar-refractivity contribution is 8.15. The molecule has 0 radical (unpaired) electrons. The topological polar surface area (TPSA) is 131 Å². The number of rotatable bonds is 12. The average Bonchev–Trinajstić information content (AvgIpc) is 3.38. The van der Waals surface area contributed by atoms with E-state index >= 15 is 0 Å². The summed E-state index contributed by atoms with van der Waals surface area (Å²) in [5.74, 6) is 0.921. The third-order valence-electron chi connectivity index (χ3n) is 6.04. The summed E-state index contributed by atoms with van der Waals surface area (Å²) < 4.78 is 35.0. The number of nitrogens with one attached hydrogen (secondary N) is 1. The maximum absolute atomic E-state index is 12.7. The van der Waals surface area contributed by atoms with Gasteiger partial charge in [0.2, 0.25) is 18.7 Å². The summed E-state index contributed by atoms with van der Waals surface area (Å²) >= 11 is 1.22. The average molecular weight is 657 g/mol. The van der Waals surface area contributed by atoms with Gasteiger partial charge in [0.05, 0.1) is 30.3 Å². The normalized spacial score (nSPS) is 14.8. The zero-order valence-electron chi connectivity index (χ0n) is 25.1. The zero-order valence-corrected chi connectivity index (χ0v) is 27.0. The molecule has 1 saturated heterocycles. The first-order valence-electron chi connectivity index (χ1n) is 13.7. The van der Waals surface area contributed by atoms with Crippen molar-refractivity contribution in [3.63, 3.8) is 0 Å². The third kappa shape index (κ3) is 10.7. The largest absolute Gasteiger partial charge is 0.461 e. The fourth-order valence-corrected chi connectivity index (χ4v) is 5.21. The molecule has 1 heterocycles. The van der Waals surface area contributed by atoms with Crippen molar-refractivity contribution in [2.24, 2.45) is 20.7 Å². The van der Waals surface area contributed by atoms with Crippen LogP contribution in [0.3, 0.4) is 0 Å². The van der Waals surface area contributed by atoms with Gasteiger partial charge in [0.25, 0.3) is 0 Å². The molecule has 2 unspecified atom stereocenters. The summed E-state index contributed by atoms with van der Waals surface area (Å²) in [6.07, 6.45) is 0.458. The molecule has 14 heteroatoms. The minimum atomic E-state index is -1.35. The van der Waals surface area contributed by atoms with Gasteiger partial charge in [0.1, 0.15) is 24.6 Å². The number of carbonyl (C=O) groups excluding carboxylic acids is 2. The Kier molecular flexibility index (Phi) is 14.1. The maximum Gasteiger partial charge on any atom is 0.243 e. The van der Waals surface area contributed by atoms with Crippen molar-refractivity contribution in [3.8, 4) is 5.75 Å². The van der Waals surface area contributed by atoms with Crippen LogP contribution in [0.1, 0.15) is 23.6 Å². The van der Waals surface area contributed by atoms with E-state index in [1.165, 1.54) is 29.9 Å². The molecule has 0 saturated carbocycles.